The molecule has 1 atom stereocenters. The van der Waals surface area contributed by atoms with E-state index in [4.69, 9.17) is 4.74 Å². The van der Waals surface area contributed by atoms with Crippen molar-refractivity contribution >= 4 is 29.5 Å². The average molecular weight is 366 g/mol. The van der Waals surface area contributed by atoms with Crippen molar-refractivity contribution in [1.29, 1.82) is 0 Å². The van der Waals surface area contributed by atoms with Crippen LogP contribution in [0.2, 0.25) is 0 Å². The summed E-state index contributed by atoms with van der Waals surface area (Å²) in [4.78, 5) is 36.1. The summed E-state index contributed by atoms with van der Waals surface area (Å²) in [5.74, 6) is -1.66. The second kappa shape index (κ2) is 9.33. The molecule has 0 aromatic heterocycles. The first-order valence-electron chi connectivity index (χ1n) is 8.48. The molecule has 27 heavy (non-hydrogen) atoms. The normalized spacial score (nSPS) is 12.0. The zero-order valence-electron chi connectivity index (χ0n) is 15.5. The van der Waals surface area contributed by atoms with Crippen LogP contribution in [0.15, 0.2) is 60.3 Å². The molecule has 0 bridgehead atoms. The van der Waals surface area contributed by atoms with Crippen LogP contribution in [0.1, 0.15) is 25.0 Å². The number of nitrogens with one attached hydrogen (secondary N) is 2. The summed E-state index contributed by atoms with van der Waals surface area (Å²) in [5.41, 5.74) is 2.29. The molecule has 0 fully saturated rings. The van der Waals surface area contributed by atoms with E-state index < -0.39 is 23.9 Å². The van der Waals surface area contributed by atoms with E-state index in [-0.39, 0.29) is 5.70 Å². The summed E-state index contributed by atoms with van der Waals surface area (Å²) in [6, 6.07) is 16.3. The van der Waals surface area contributed by atoms with Crippen LogP contribution in [0.4, 0.5) is 5.69 Å². The summed E-state index contributed by atoms with van der Waals surface area (Å²) in [7, 11) is 0. The fraction of sp³-hybridized carbons (Fsp3) is 0.190. The molecule has 2 amide bonds. The smallest absolute Gasteiger partial charge is 0.355 e. The quantitative estimate of drug-likeness (QED) is 0.608. The summed E-state index contributed by atoms with van der Waals surface area (Å²) < 4.78 is 5.22. The molecule has 2 aromatic rings. The lowest BCUT2D eigenvalue weighted by atomic mass is 10.2. The van der Waals surface area contributed by atoms with Gasteiger partial charge in [-0.2, -0.15) is 0 Å². The van der Waals surface area contributed by atoms with Crippen molar-refractivity contribution in [2.45, 2.75) is 26.9 Å². The van der Waals surface area contributed by atoms with Gasteiger partial charge in [0, 0.05) is 12.6 Å². The van der Waals surface area contributed by atoms with Crippen LogP contribution in [0, 0.1) is 6.92 Å². The lowest BCUT2D eigenvalue weighted by Crippen LogP contribution is -2.33. The molecule has 0 radical (unpaired) electrons. The van der Waals surface area contributed by atoms with Gasteiger partial charge in [0.1, 0.15) is 5.70 Å². The number of amides is 2. The van der Waals surface area contributed by atoms with E-state index in [1.807, 2.05) is 31.2 Å². The first kappa shape index (κ1) is 19.9. The molecule has 2 aromatic carbocycles. The van der Waals surface area contributed by atoms with Crippen LogP contribution in [0.5, 0.6) is 0 Å². The minimum atomic E-state index is -1.04. The minimum Gasteiger partial charge on any atom is -0.448 e. The molecular formula is C21H22N2O4. The van der Waals surface area contributed by atoms with E-state index >= 15 is 0 Å². The van der Waals surface area contributed by atoms with E-state index in [1.54, 1.807) is 30.3 Å². The number of esters is 1. The maximum atomic E-state index is 12.4. The fourth-order valence-electron chi connectivity index (χ4n) is 2.30. The number of aryl methyl sites for hydroxylation is 1. The van der Waals surface area contributed by atoms with Gasteiger partial charge in [0.05, 0.1) is 0 Å². The first-order chi connectivity index (χ1) is 12.8. The van der Waals surface area contributed by atoms with Gasteiger partial charge in [-0.1, -0.05) is 42.5 Å². The molecule has 0 saturated carbocycles. The van der Waals surface area contributed by atoms with E-state index in [0.29, 0.717) is 5.69 Å². The zero-order chi connectivity index (χ0) is 19.8. The molecule has 0 spiro atoms. The number of ether oxygens (including phenoxy) is 1. The number of anilines is 1. The van der Waals surface area contributed by atoms with E-state index in [0.717, 1.165) is 11.1 Å². The van der Waals surface area contributed by atoms with Crippen LogP contribution in [-0.4, -0.2) is 23.9 Å². The van der Waals surface area contributed by atoms with Crippen LogP contribution < -0.4 is 10.6 Å². The molecule has 0 unspecified atom stereocenters. The molecule has 0 aliphatic heterocycles. The number of hydrogen-bond donors (Lipinski definition) is 2. The predicted molar refractivity (Wildman–Crippen MR) is 104 cm³/mol. The Balaban J connectivity index is 2.08. The maximum absolute atomic E-state index is 12.4. The standard InChI is InChI=1S/C21H22N2O4/c1-14-8-7-11-18(12-14)23-20(25)15(2)27-21(26)19(22-16(3)24)13-17-9-5-4-6-10-17/h4-13,15H,1-3H3,(H,22,24)(H,23,25)/b19-13-/t15-/m0/s1. The summed E-state index contributed by atoms with van der Waals surface area (Å²) in [6.45, 7) is 4.67. The molecule has 0 heterocycles. The monoisotopic (exact) mass is 366 g/mol. The third-order valence-electron chi connectivity index (χ3n) is 3.58. The van der Waals surface area contributed by atoms with E-state index in [1.165, 1.54) is 19.9 Å². The highest BCUT2D eigenvalue weighted by molar-refractivity contribution is 6.00. The highest BCUT2D eigenvalue weighted by atomic mass is 16.5. The van der Waals surface area contributed by atoms with Gasteiger partial charge in [0.2, 0.25) is 5.91 Å². The highest BCUT2D eigenvalue weighted by Gasteiger charge is 2.21. The molecule has 0 aliphatic rings. The Morgan fingerprint density at radius 2 is 1.74 bits per heavy atom. The molecular weight excluding hydrogens is 344 g/mol. The lowest BCUT2D eigenvalue weighted by molar-refractivity contribution is -0.149. The molecule has 140 valence electrons. The van der Waals surface area contributed by atoms with Crippen molar-refractivity contribution in [3.05, 3.63) is 71.4 Å². The van der Waals surface area contributed by atoms with E-state index in [2.05, 4.69) is 10.6 Å². The van der Waals surface area contributed by atoms with Crippen molar-refractivity contribution in [3.8, 4) is 0 Å². The summed E-state index contributed by atoms with van der Waals surface area (Å²) in [5, 5.41) is 5.14. The average Bonchev–Trinajstić information content (AvgIpc) is 2.61. The topological polar surface area (TPSA) is 84.5 Å². The zero-order valence-corrected chi connectivity index (χ0v) is 15.5. The molecule has 2 rings (SSSR count). The van der Waals surface area contributed by atoms with Crippen molar-refractivity contribution in [1.82, 2.24) is 5.32 Å². The van der Waals surface area contributed by atoms with Gasteiger partial charge in [-0.25, -0.2) is 4.79 Å². The molecule has 0 saturated heterocycles. The van der Waals surface area contributed by atoms with Crippen LogP contribution in [0.25, 0.3) is 6.08 Å². The Hall–Kier alpha value is -3.41. The number of benzene rings is 2. The maximum Gasteiger partial charge on any atom is 0.355 e. The second-order valence-electron chi connectivity index (χ2n) is 6.06. The Kier molecular flexibility index (Phi) is 6.88. The number of rotatable bonds is 6. The van der Waals surface area contributed by atoms with Crippen LogP contribution >= 0.6 is 0 Å². The molecule has 2 N–H and O–H groups in total. The SMILES string of the molecule is CC(=O)N/C(=C\c1ccccc1)C(=O)O[C@@H](C)C(=O)Nc1cccc(C)c1. The van der Waals surface area contributed by atoms with E-state index in [9.17, 15) is 14.4 Å². The Labute approximate surface area is 158 Å². The number of carbonyl (C=O) groups is 3. The Morgan fingerprint density at radius 3 is 2.37 bits per heavy atom. The van der Waals surface area contributed by atoms with Gasteiger partial charge in [-0.15, -0.1) is 0 Å². The Morgan fingerprint density at radius 1 is 1.04 bits per heavy atom. The van der Waals surface area contributed by atoms with Gasteiger partial charge in [0.15, 0.2) is 6.10 Å². The third kappa shape index (κ3) is 6.43. The first-order valence-corrected chi connectivity index (χ1v) is 8.48. The largest absolute Gasteiger partial charge is 0.448 e. The fourth-order valence-corrected chi connectivity index (χ4v) is 2.30. The molecule has 0 aliphatic carbocycles. The number of hydrogen-bond acceptors (Lipinski definition) is 4. The van der Waals surface area contributed by atoms with Crippen LogP contribution in [-0.2, 0) is 19.1 Å². The Bertz CT molecular complexity index is 859. The third-order valence-corrected chi connectivity index (χ3v) is 3.58. The number of carbonyl (C=O) groups excluding carboxylic acids is 3. The summed E-state index contributed by atoms with van der Waals surface area (Å²) in [6.07, 6.45) is 0.459. The summed E-state index contributed by atoms with van der Waals surface area (Å²) >= 11 is 0. The van der Waals surface area contributed by atoms with Crippen molar-refractivity contribution < 1.29 is 19.1 Å². The van der Waals surface area contributed by atoms with Gasteiger partial charge in [-0.05, 0) is 43.2 Å². The van der Waals surface area contributed by atoms with Gasteiger partial charge >= 0.3 is 5.97 Å². The van der Waals surface area contributed by atoms with Gasteiger partial charge in [-0.3, -0.25) is 9.59 Å². The van der Waals surface area contributed by atoms with Gasteiger partial charge < -0.3 is 15.4 Å². The van der Waals surface area contributed by atoms with Gasteiger partial charge in [0.25, 0.3) is 5.91 Å². The van der Waals surface area contributed by atoms with Crippen LogP contribution in [0.3, 0.4) is 0 Å². The predicted octanol–water partition coefficient (Wildman–Crippen LogP) is 3.04. The van der Waals surface area contributed by atoms with Crippen molar-refractivity contribution in [3.63, 3.8) is 0 Å². The lowest BCUT2D eigenvalue weighted by Gasteiger charge is -2.15. The molecule has 6 nitrogen and oxygen atoms in total. The highest BCUT2D eigenvalue weighted by Crippen LogP contribution is 2.12. The minimum absolute atomic E-state index is 0.0381. The van der Waals surface area contributed by atoms with Crippen molar-refractivity contribution in [2.24, 2.45) is 0 Å². The second-order valence-corrected chi connectivity index (χ2v) is 6.06. The molecule has 6 heteroatoms. The van der Waals surface area contributed by atoms with Crippen molar-refractivity contribution in [2.75, 3.05) is 5.32 Å².